The third-order valence-electron chi connectivity index (χ3n) is 5.07. The lowest BCUT2D eigenvalue weighted by Gasteiger charge is -2.38. The number of piperidine rings is 1. The Balaban J connectivity index is 1.34. The van der Waals surface area contributed by atoms with E-state index in [1.165, 1.54) is 11.3 Å². The number of nitrogens with zero attached hydrogens (tertiary/aromatic N) is 1. The van der Waals surface area contributed by atoms with E-state index in [0.717, 1.165) is 43.6 Å². The molecule has 2 fully saturated rings. The van der Waals surface area contributed by atoms with E-state index in [4.69, 9.17) is 4.74 Å². The van der Waals surface area contributed by atoms with Gasteiger partial charge in [0.1, 0.15) is 0 Å². The molecule has 1 aromatic rings. The zero-order valence-electron chi connectivity index (χ0n) is 14.7. The zero-order chi connectivity index (χ0) is 17.6. The Hall–Kier alpha value is -1.60. The largest absolute Gasteiger partial charge is 0.450 e. The molecule has 3 heterocycles. The van der Waals surface area contributed by atoms with Crippen LogP contribution in [-0.4, -0.2) is 55.2 Å². The smallest absolute Gasteiger partial charge is 0.410 e. The number of carbonyl (C=O) groups excluding carboxylic acids is 2. The molecule has 3 rings (SSSR count). The predicted octanol–water partition coefficient (Wildman–Crippen LogP) is 2.47. The number of thiophene rings is 1. The molecule has 2 aliphatic heterocycles. The second-order valence-corrected chi connectivity index (χ2v) is 7.71. The Morgan fingerprint density at radius 1 is 1.28 bits per heavy atom. The van der Waals surface area contributed by atoms with Crippen LogP contribution in [0.2, 0.25) is 0 Å². The number of hydrogen-bond acceptors (Lipinski definition) is 5. The Labute approximate surface area is 152 Å². The molecule has 2 unspecified atom stereocenters. The number of rotatable bonds is 7. The van der Waals surface area contributed by atoms with Gasteiger partial charge in [-0.05, 0) is 56.5 Å². The fourth-order valence-corrected chi connectivity index (χ4v) is 4.66. The molecule has 7 heteroatoms. The molecule has 0 aliphatic carbocycles. The Morgan fingerprint density at radius 2 is 2.04 bits per heavy atom. The lowest BCUT2D eigenvalue weighted by Crippen LogP contribution is -2.48. The van der Waals surface area contributed by atoms with Gasteiger partial charge in [0.25, 0.3) is 5.91 Å². The summed E-state index contributed by atoms with van der Waals surface area (Å²) in [7, 11) is 0. The van der Waals surface area contributed by atoms with Gasteiger partial charge in [-0.15, -0.1) is 11.3 Å². The molecular weight excluding hydrogens is 338 g/mol. The van der Waals surface area contributed by atoms with Gasteiger partial charge in [-0.25, -0.2) is 4.79 Å². The third kappa shape index (κ3) is 4.52. The number of amides is 2. The summed E-state index contributed by atoms with van der Waals surface area (Å²) in [5.41, 5.74) is 0. The van der Waals surface area contributed by atoms with E-state index in [9.17, 15) is 9.59 Å². The van der Waals surface area contributed by atoms with Gasteiger partial charge in [0.15, 0.2) is 0 Å². The molecule has 2 amide bonds. The number of nitrogens with one attached hydrogen (secondary N) is 2. The highest BCUT2D eigenvalue weighted by molar-refractivity contribution is 7.12. The van der Waals surface area contributed by atoms with Gasteiger partial charge >= 0.3 is 6.09 Å². The predicted molar refractivity (Wildman–Crippen MR) is 97.9 cm³/mol. The van der Waals surface area contributed by atoms with E-state index in [2.05, 4.69) is 10.6 Å². The van der Waals surface area contributed by atoms with Crippen LogP contribution in [0.15, 0.2) is 17.5 Å². The monoisotopic (exact) mass is 365 g/mol. The van der Waals surface area contributed by atoms with Crippen molar-refractivity contribution in [2.45, 2.75) is 44.7 Å². The first-order valence-corrected chi connectivity index (χ1v) is 10.0. The average molecular weight is 365 g/mol. The van der Waals surface area contributed by atoms with Crippen molar-refractivity contribution in [1.82, 2.24) is 15.5 Å². The van der Waals surface area contributed by atoms with Crippen LogP contribution >= 0.6 is 11.3 Å². The standard InChI is InChI=1S/C18H27N3O3S/c1-2-24-18(23)21-14-5-6-15(21)11-13(10-14)12-19-7-8-20-17(22)16-4-3-9-25-16/h3-4,9,13-15,19H,2,5-8,10-12H2,1H3,(H,20,22). The van der Waals surface area contributed by atoms with Crippen molar-refractivity contribution in [3.05, 3.63) is 22.4 Å². The summed E-state index contributed by atoms with van der Waals surface area (Å²) in [4.78, 5) is 26.6. The SMILES string of the molecule is CCOC(=O)N1C2CCC1CC(CNCCNC(=O)c1cccs1)C2. The van der Waals surface area contributed by atoms with E-state index in [-0.39, 0.29) is 12.0 Å². The van der Waals surface area contributed by atoms with Crippen LogP contribution in [0.4, 0.5) is 4.79 Å². The number of carbonyl (C=O) groups is 2. The Morgan fingerprint density at radius 3 is 2.68 bits per heavy atom. The molecule has 2 aliphatic rings. The molecule has 2 bridgehead atoms. The molecule has 0 saturated carbocycles. The highest BCUT2D eigenvalue weighted by atomic mass is 32.1. The van der Waals surface area contributed by atoms with Crippen molar-refractivity contribution < 1.29 is 14.3 Å². The van der Waals surface area contributed by atoms with Crippen LogP contribution in [0, 0.1) is 5.92 Å². The molecule has 0 spiro atoms. The number of ether oxygens (including phenoxy) is 1. The van der Waals surface area contributed by atoms with Crippen LogP contribution in [0.5, 0.6) is 0 Å². The molecular formula is C18H27N3O3S. The lowest BCUT2D eigenvalue weighted by molar-refractivity contribution is 0.0604. The second kappa shape index (κ2) is 8.67. The second-order valence-electron chi connectivity index (χ2n) is 6.77. The van der Waals surface area contributed by atoms with Gasteiger partial charge in [-0.1, -0.05) is 6.07 Å². The van der Waals surface area contributed by atoms with E-state index >= 15 is 0 Å². The summed E-state index contributed by atoms with van der Waals surface area (Å²) in [6.45, 7) is 4.64. The van der Waals surface area contributed by atoms with E-state index in [1.54, 1.807) is 0 Å². The summed E-state index contributed by atoms with van der Waals surface area (Å²) in [6.07, 6.45) is 4.14. The van der Waals surface area contributed by atoms with Gasteiger partial charge in [-0.2, -0.15) is 0 Å². The quantitative estimate of drug-likeness (QED) is 0.728. The molecule has 138 valence electrons. The third-order valence-corrected chi connectivity index (χ3v) is 5.94. The summed E-state index contributed by atoms with van der Waals surface area (Å²) in [5, 5.41) is 8.28. The maximum absolute atomic E-state index is 12.1. The highest BCUT2D eigenvalue weighted by Crippen LogP contribution is 2.38. The van der Waals surface area contributed by atoms with Gasteiger partial charge in [0.2, 0.25) is 0 Å². The minimum Gasteiger partial charge on any atom is -0.450 e. The maximum Gasteiger partial charge on any atom is 0.410 e. The molecule has 1 aromatic heterocycles. The van der Waals surface area contributed by atoms with Crippen molar-refractivity contribution in [1.29, 1.82) is 0 Å². The van der Waals surface area contributed by atoms with Gasteiger partial charge < -0.3 is 20.3 Å². The normalized spacial score (nSPS) is 25.0. The summed E-state index contributed by atoms with van der Waals surface area (Å²) in [6, 6.07) is 4.39. The highest BCUT2D eigenvalue weighted by Gasteiger charge is 2.43. The molecule has 2 N–H and O–H groups in total. The van der Waals surface area contributed by atoms with Crippen LogP contribution in [0.25, 0.3) is 0 Å². The topological polar surface area (TPSA) is 70.7 Å². The fraction of sp³-hybridized carbons (Fsp3) is 0.667. The molecule has 0 radical (unpaired) electrons. The number of fused-ring (bicyclic) bond motifs is 2. The van der Waals surface area contributed by atoms with Gasteiger partial charge in [0.05, 0.1) is 11.5 Å². The molecule has 2 saturated heterocycles. The first kappa shape index (κ1) is 18.2. The lowest BCUT2D eigenvalue weighted by atomic mass is 9.91. The van der Waals surface area contributed by atoms with Crippen LogP contribution in [0.1, 0.15) is 42.3 Å². The summed E-state index contributed by atoms with van der Waals surface area (Å²) >= 11 is 1.46. The first-order chi connectivity index (χ1) is 12.2. The fourth-order valence-electron chi connectivity index (χ4n) is 4.02. The van der Waals surface area contributed by atoms with Crippen LogP contribution in [-0.2, 0) is 4.74 Å². The molecule has 0 aromatic carbocycles. The Bertz CT molecular complexity index is 564. The first-order valence-electron chi connectivity index (χ1n) is 9.16. The Kier molecular flexibility index (Phi) is 6.31. The summed E-state index contributed by atoms with van der Waals surface area (Å²) < 4.78 is 5.20. The van der Waals surface area contributed by atoms with E-state index in [1.807, 2.05) is 29.3 Å². The minimum absolute atomic E-state index is 0.00223. The molecule has 6 nitrogen and oxygen atoms in total. The van der Waals surface area contributed by atoms with Crippen LogP contribution in [0.3, 0.4) is 0 Å². The molecule has 25 heavy (non-hydrogen) atoms. The van der Waals surface area contributed by atoms with E-state index in [0.29, 0.717) is 31.2 Å². The van der Waals surface area contributed by atoms with Crippen molar-refractivity contribution >= 4 is 23.3 Å². The minimum atomic E-state index is -0.141. The number of hydrogen-bond donors (Lipinski definition) is 2. The van der Waals surface area contributed by atoms with Crippen molar-refractivity contribution in [2.75, 3.05) is 26.2 Å². The van der Waals surface area contributed by atoms with Crippen molar-refractivity contribution in [3.63, 3.8) is 0 Å². The van der Waals surface area contributed by atoms with Crippen LogP contribution < -0.4 is 10.6 Å². The van der Waals surface area contributed by atoms with Crippen molar-refractivity contribution in [2.24, 2.45) is 5.92 Å². The average Bonchev–Trinajstić information content (AvgIpc) is 3.22. The van der Waals surface area contributed by atoms with Gasteiger partial charge in [0, 0.05) is 25.2 Å². The van der Waals surface area contributed by atoms with Crippen molar-refractivity contribution in [3.8, 4) is 0 Å². The zero-order valence-corrected chi connectivity index (χ0v) is 15.5. The summed E-state index contributed by atoms with van der Waals surface area (Å²) in [5.74, 6) is 0.591. The van der Waals surface area contributed by atoms with Gasteiger partial charge in [-0.3, -0.25) is 4.79 Å². The molecule has 2 atom stereocenters. The van der Waals surface area contributed by atoms with E-state index < -0.39 is 0 Å². The maximum atomic E-state index is 12.1.